The minimum atomic E-state index is -0.463. The summed E-state index contributed by atoms with van der Waals surface area (Å²) in [4.78, 5) is 34.6. The van der Waals surface area contributed by atoms with Crippen molar-refractivity contribution in [2.75, 3.05) is 18.4 Å². The predicted molar refractivity (Wildman–Crippen MR) is 123 cm³/mol. The number of hydrazine groups is 1. The van der Waals surface area contributed by atoms with Crippen molar-refractivity contribution in [3.63, 3.8) is 0 Å². The second kappa shape index (κ2) is 10.1. The lowest BCUT2D eigenvalue weighted by Crippen LogP contribution is -2.49. The molecule has 3 aromatic rings. The number of carbonyl (C=O) groups is 2. The average molecular weight is 447 g/mol. The molecule has 0 bridgehead atoms. The van der Waals surface area contributed by atoms with Crippen LogP contribution in [0.25, 0.3) is 0 Å². The Bertz CT molecular complexity index is 1070. The molecule has 0 aliphatic carbocycles. The number of rotatable bonds is 6. The highest BCUT2D eigenvalue weighted by molar-refractivity contribution is 5.93. The number of hydrogen-bond donors (Lipinski definition) is 3. The quantitative estimate of drug-likeness (QED) is 0.302. The number of nitrogen functional groups attached to an aromatic ring is 1. The Balaban J connectivity index is 1.45. The van der Waals surface area contributed by atoms with E-state index in [9.17, 15) is 9.59 Å². The van der Waals surface area contributed by atoms with Gasteiger partial charge in [0.2, 0.25) is 5.95 Å². The molecule has 0 saturated carbocycles. The highest BCUT2D eigenvalue weighted by Gasteiger charge is 2.38. The van der Waals surface area contributed by atoms with Crippen LogP contribution in [-0.2, 0) is 16.9 Å². The number of carbonyl (C=O) groups excluding carboxylic acids is 2. The number of anilines is 1. The summed E-state index contributed by atoms with van der Waals surface area (Å²) in [5.74, 6) is 5.11. The third-order valence-electron chi connectivity index (χ3n) is 5.80. The maximum atomic E-state index is 12.6. The summed E-state index contributed by atoms with van der Waals surface area (Å²) in [6, 6.07) is 19.6. The number of nitrogens with one attached hydrogen (secondary N) is 2. The van der Waals surface area contributed by atoms with Crippen LogP contribution in [0.5, 0.6) is 0 Å². The van der Waals surface area contributed by atoms with Gasteiger partial charge in [0.15, 0.2) is 0 Å². The molecule has 170 valence electrons. The van der Waals surface area contributed by atoms with Crippen molar-refractivity contribution in [3.8, 4) is 0 Å². The van der Waals surface area contributed by atoms with Gasteiger partial charge in [0.1, 0.15) is 6.61 Å². The van der Waals surface area contributed by atoms with Crippen molar-refractivity contribution in [1.82, 2.24) is 20.3 Å². The van der Waals surface area contributed by atoms with E-state index in [4.69, 9.17) is 10.6 Å². The van der Waals surface area contributed by atoms with Gasteiger partial charge in [-0.05, 0) is 24.0 Å². The SMILES string of the molecule is NNC(=O)c1cnc(NC2(c3ccccc3)CCN(C(=O)OCc3ccccc3)CC2)nc1. The Labute approximate surface area is 192 Å². The largest absolute Gasteiger partial charge is 0.445 e. The second-order valence-electron chi connectivity index (χ2n) is 7.87. The van der Waals surface area contributed by atoms with E-state index in [1.165, 1.54) is 12.4 Å². The lowest BCUT2D eigenvalue weighted by atomic mass is 9.81. The number of ether oxygens (including phenoxy) is 1. The number of hydrogen-bond acceptors (Lipinski definition) is 7. The van der Waals surface area contributed by atoms with Gasteiger partial charge in [-0.15, -0.1) is 0 Å². The molecule has 33 heavy (non-hydrogen) atoms. The number of amides is 2. The molecule has 0 unspecified atom stereocenters. The summed E-state index contributed by atoms with van der Waals surface area (Å²) in [7, 11) is 0. The monoisotopic (exact) mass is 446 g/mol. The molecular formula is C24H26N6O3. The highest BCUT2D eigenvalue weighted by atomic mass is 16.6. The van der Waals surface area contributed by atoms with Crippen LogP contribution in [0.3, 0.4) is 0 Å². The fraction of sp³-hybridized carbons (Fsp3) is 0.250. The van der Waals surface area contributed by atoms with Crippen LogP contribution in [0, 0.1) is 0 Å². The van der Waals surface area contributed by atoms with E-state index >= 15 is 0 Å². The van der Waals surface area contributed by atoms with Crippen molar-refractivity contribution in [2.24, 2.45) is 5.84 Å². The number of likely N-dealkylation sites (tertiary alicyclic amines) is 1. The smallest absolute Gasteiger partial charge is 0.410 e. The van der Waals surface area contributed by atoms with E-state index < -0.39 is 11.4 Å². The zero-order chi connectivity index (χ0) is 23.1. The maximum Gasteiger partial charge on any atom is 0.410 e. The Morgan fingerprint density at radius 1 is 0.970 bits per heavy atom. The fourth-order valence-corrected chi connectivity index (χ4v) is 3.93. The average Bonchev–Trinajstić information content (AvgIpc) is 2.89. The number of nitrogens with zero attached hydrogens (tertiary/aromatic N) is 3. The van der Waals surface area contributed by atoms with Crippen molar-refractivity contribution in [1.29, 1.82) is 0 Å². The molecule has 2 aromatic carbocycles. The third kappa shape index (κ3) is 5.27. The van der Waals surface area contributed by atoms with E-state index in [1.54, 1.807) is 4.90 Å². The van der Waals surface area contributed by atoms with Gasteiger partial charge >= 0.3 is 6.09 Å². The van der Waals surface area contributed by atoms with Crippen molar-refractivity contribution < 1.29 is 14.3 Å². The van der Waals surface area contributed by atoms with E-state index in [0.29, 0.717) is 31.9 Å². The second-order valence-corrected chi connectivity index (χ2v) is 7.87. The number of benzene rings is 2. The normalized spacial score (nSPS) is 14.9. The van der Waals surface area contributed by atoms with Gasteiger partial charge in [-0.25, -0.2) is 20.6 Å². The molecule has 0 atom stereocenters. The van der Waals surface area contributed by atoms with Gasteiger partial charge in [-0.3, -0.25) is 10.2 Å². The van der Waals surface area contributed by atoms with Crippen molar-refractivity contribution in [3.05, 3.63) is 89.7 Å². The van der Waals surface area contributed by atoms with E-state index in [0.717, 1.165) is 11.1 Å². The Morgan fingerprint density at radius 3 is 2.18 bits per heavy atom. The summed E-state index contributed by atoms with van der Waals surface area (Å²) in [5, 5.41) is 3.45. The first kappa shape index (κ1) is 22.2. The molecular weight excluding hydrogens is 420 g/mol. The van der Waals surface area contributed by atoms with Gasteiger partial charge in [-0.1, -0.05) is 60.7 Å². The van der Waals surface area contributed by atoms with Gasteiger partial charge in [0, 0.05) is 25.5 Å². The zero-order valence-corrected chi connectivity index (χ0v) is 18.1. The summed E-state index contributed by atoms with van der Waals surface area (Å²) in [5.41, 5.74) is 3.90. The van der Waals surface area contributed by atoms with Crippen molar-refractivity contribution in [2.45, 2.75) is 25.0 Å². The maximum absolute atomic E-state index is 12.6. The first-order valence-corrected chi connectivity index (χ1v) is 10.7. The number of aromatic nitrogens is 2. The topological polar surface area (TPSA) is 122 Å². The molecule has 0 spiro atoms. The van der Waals surface area contributed by atoms with E-state index in [1.807, 2.05) is 60.7 Å². The first-order chi connectivity index (χ1) is 16.1. The van der Waals surface area contributed by atoms with Gasteiger partial charge in [0.05, 0.1) is 11.1 Å². The van der Waals surface area contributed by atoms with Crippen LogP contribution in [0.1, 0.15) is 34.3 Å². The number of piperidine rings is 1. The van der Waals surface area contributed by atoms with E-state index in [-0.39, 0.29) is 18.3 Å². The lowest BCUT2D eigenvalue weighted by Gasteiger charge is -2.42. The zero-order valence-electron chi connectivity index (χ0n) is 18.1. The third-order valence-corrected chi connectivity index (χ3v) is 5.80. The Kier molecular flexibility index (Phi) is 6.80. The molecule has 9 nitrogen and oxygen atoms in total. The lowest BCUT2D eigenvalue weighted by molar-refractivity contribution is 0.0801. The minimum absolute atomic E-state index is 0.245. The molecule has 2 heterocycles. The standard InChI is InChI=1S/C24H26N6O3/c25-29-21(31)19-15-26-22(27-16-19)28-24(20-9-5-2-6-10-20)11-13-30(14-12-24)23(32)33-17-18-7-3-1-4-8-18/h1-10,15-16H,11-14,17,25H2,(H,29,31)(H,26,27,28). The molecule has 4 rings (SSSR count). The molecule has 1 saturated heterocycles. The number of nitrogens with two attached hydrogens (primary N) is 1. The van der Waals surface area contributed by atoms with Crippen LogP contribution in [0.4, 0.5) is 10.7 Å². The molecule has 1 fully saturated rings. The minimum Gasteiger partial charge on any atom is -0.445 e. The molecule has 1 aliphatic rings. The highest BCUT2D eigenvalue weighted by Crippen LogP contribution is 2.36. The van der Waals surface area contributed by atoms with Crippen molar-refractivity contribution >= 4 is 17.9 Å². The van der Waals surface area contributed by atoms with Gasteiger partial charge < -0.3 is 15.0 Å². The van der Waals surface area contributed by atoms with Gasteiger partial charge in [0.25, 0.3) is 5.91 Å². The predicted octanol–water partition coefficient (Wildman–Crippen LogP) is 2.82. The molecule has 9 heteroatoms. The Morgan fingerprint density at radius 2 is 1.58 bits per heavy atom. The summed E-state index contributed by atoms with van der Waals surface area (Å²) in [6.07, 6.45) is 3.81. The Hall–Kier alpha value is -3.98. The van der Waals surface area contributed by atoms with E-state index in [2.05, 4.69) is 20.7 Å². The first-order valence-electron chi connectivity index (χ1n) is 10.7. The summed E-state index contributed by atoms with van der Waals surface area (Å²) in [6.45, 7) is 1.28. The summed E-state index contributed by atoms with van der Waals surface area (Å²) >= 11 is 0. The molecule has 4 N–H and O–H groups in total. The fourth-order valence-electron chi connectivity index (χ4n) is 3.93. The van der Waals surface area contributed by atoms with Gasteiger partial charge in [-0.2, -0.15) is 0 Å². The van der Waals surface area contributed by atoms with Crippen LogP contribution < -0.4 is 16.6 Å². The van der Waals surface area contributed by atoms with Crippen LogP contribution in [0.2, 0.25) is 0 Å². The summed E-state index contributed by atoms with van der Waals surface area (Å²) < 4.78 is 5.50. The molecule has 0 radical (unpaired) electrons. The van der Waals surface area contributed by atoms with Crippen LogP contribution in [-0.4, -0.2) is 40.0 Å². The molecule has 1 aromatic heterocycles. The molecule has 1 aliphatic heterocycles. The van der Waals surface area contributed by atoms with Crippen LogP contribution in [0.15, 0.2) is 73.1 Å². The van der Waals surface area contributed by atoms with Crippen LogP contribution >= 0.6 is 0 Å². The molecule has 2 amide bonds.